The molecule has 1 aromatic heterocycles. The smallest absolute Gasteiger partial charge is 0.259 e. The van der Waals surface area contributed by atoms with E-state index in [1.807, 2.05) is 0 Å². The Bertz CT molecular complexity index is 692. The van der Waals surface area contributed by atoms with Crippen molar-refractivity contribution in [1.29, 1.82) is 0 Å². The Kier molecular flexibility index (Phi) is 3.99. The van der Waals surface area contributed by atoms with E-state index in [0.717, 1.165) is 12.1 Å². The number of nitrogen functional groups attached to an aromatic ring is 1. The van der Waals surface area contributed by atoms with Crippen LogP contribution >= 0.6 is 15.9 Å². The van der Waals surface area contributed by atoms with Crippen molar-refractivity contribution in [2.24, 2.45) is 0 Å². The summed E-state index contributed by atoms with van der Waals surface area (Å²) in [6.45, 7) is 1.72. The minimum Gasteiger partial charge on any atom is -0.398 e. The molecule has 0 radical (unpaired) electrons. The summed E-state index contributed by atoms with van der Waals surface area (Å²) in [5, 5.41) is 2.26. The second-order valence-corrected chi connectivity index (χ2v) is 4.97. The first-order valence-corrected chi connectivity index (χ1v) is 6.36. The lowest BCUT2D eigenvalue weighted by atomic mass is 10.2. The van der Waals surface area contributed by atoms with Crippen LogP contribution in [-0.4, -0.2) is 10.9 Å². The zero-order valence-corrected chi connectivity index (χ0v) is 12.0. The van der Waals surface area contributed by atoms with E-state index in [1.54, 1.807) is 6.92 Å². The molecule has 1 heterocycles. The van der Waals surface area contributed by atoms with Gasteiger partial charge in [0.15, 0.2) is 0 Å². The molecule has 0 atom stereocenters. The van der Waals surface area contributed by atoms with Gasteiger partial charge in [0.2, 0.25) is 0 Å². The monoisotopic (exact) mass is 341 g/mol. The average molecular weight is 342 g/mol. The number of amides is 1. The number of carbonyl (C=O) groups excluding carboxylic acids is 1. The summed E-state index contributed by atoms with van der Waals surface area (Å²) in [4.78, 5) is 15.9. The van der Waals surface area contributed by atoms with Crippen LogP contribution in [-0.2, 0) is 0 Å². The summed E-state index contributed by atoms with van der Waals surface area (Å²) in [5.41, 5.74) is 6.39. The number of hydrogen-bond acceptors (Lipinski definition) is 3. The molecular formula is C13H10BrF2N3O. The molecule has 2 aromatic rings. The molecule has 0 aliphatic heterocycles. The molecule has 0 saturated carbocycles. The Balaban J connectivity index is 2.30. The highest BCUT2D eigenvalue weighted by atomic mass is 79.9. The summed E-state index contributed by atoms with van der Waals surface area (Å²) in [5.74, 6) is -2.10. The molecule has 104 valence electrons. The number of nitrogens with one attached hydrogen (secondary N) is 1. The van der Waals surface area contributed by atoms with Crippen molar-refractivity contribution in [3.63, 3.8) is 0 Å². The van der Waals surface area contributed by atoms with Crippen LogP contribution in [0.15, 0.2) is 28.9 Å². The van der Waals surface area contributed by atoms with Gasteiger partial charge < -0.3 is 11.1 Å². The van der Waals surface area contributed by atoms with Crippen LogP contribution in [0.3, 0.4) is 0 Å². The van der Waals surface area contributed by atoms with Crippen LogP contribution in [0.1, 0.15) is 16.1 Å². The van der Waals surface area contributed by atoms with Crippen molar-refractivity contribution in [3.05, 3.63) is 51.8 Å². The van der Waals surface area contributed by atoms with Crippen molar-refractivity contribution in [2.75, 3.05) is 11.1 Å². The van der Waals surface area contributed by atoms with E-state index in [0.29, 0.717) is 5.69 Å². The van der Waals surface area contributed by atoms with E-state index in [-0.39, 0.29) is 21.4 Å². The van der Waals surface area contributed by atoms with Gasteiger partial charge in [-0.2, -0.15) is 0 Å². The molecule has 1 amide bonds. The summed E-state index contributed by atoms with van der Waals surface area (Å²) in [6, 6.07) is 3.34. The second kappa shape index (κ2) is 5.54. The third-order valence-electron chi connectivity index (χ3n) is 2.58. The molecule has 0 aliphatic rings. The number of hydrogen-bond donors (Lipinski definition) is 2. The molecule has 7 heteroatoms. The fourth-order valence-corrected chi connectivity index (χ4v) is 1.89. The standard InChI is InChI=1S/C13H10BrF2N3O/c1-6-2-11(17)7(5-18-6)13(20)19-12-4-9(15)8(14)3-10(12)16/h2-5H,1H3,(H2,17,18)(H,19,20). The van der Waals surface area contributed by atoms with Crippen LogP contribution in [0, 0.1) is 18.6 Å². The number of rotatable bonds is 2. The molecule has 20 heavy (non-hydrogen) atoms. The van der Waals surface area contributed by atoms with Gasteiger partial charge in [0.25, 0.3) is 5.91 Å². The molecule has 0 spiro atoms. The largest absolute Gasteiger partial charge is 0.398 e. The van der Waals surface area contributed by atoms with Crippen molar-refractivity contribution in [3.8, 4) is 0 Å². The lowest BCUT2D eigenvalue weighted by Crippen LogP contribution is -2.15. The molecule has 0 aliphatic carbocycles. The highest BCUT2D eigenvalue weighted by Crippen LogP contribution is 2.24. The first-order valence-electron chi connectivity index (χ1n) is 5.56. The summed E-state index contributed by atoms with van der Waals surface area (Å²) < 4.78 is 26.9. The number of benzene rings is 1. The minimum absolute atomic E-state index is 0.0236. The fraction of sp³-hybridized carbons (Fsp3) is 0.0769. The number of halogens is 3. The van der Waals surface area contributed by atoms with Gasteiger partial charge in [0.05, 0.1) is 15.7 Å². The predicted octanol–water partition coefficient (Wildman–Crippen LogP) is 3.27. The predicted molar refractivity (Wildman–Crippen MR) is 75.4 cm³/mol. The SMILES string of the molecule is Cc1cc(N)c(C(=O)Nc2cc(F)c(Br)cc2F)cn1. The Morgan fingerprint density at radius 1 is 1.30 bits per heavy atom. The van der Waals surface area contributed by atoms with Crippen molar-refractivity contribution < 1.29 is 13.6 Å². The van der Waals surface area contributed by atoms with Crippen molar-refractivity contribution in [2.45, 2.75) is 6.92 Å². The van der Waals surface area contributed by atoms with E-state index < -0.39 is 17.5 Å². The summed E-state index contributed by atoms with van der Waals surface area (Å²) >= 11 is 2.85. The Morgan fingerprint density at radius 2 is 2.00 bits per heavy atom. The topological polar surface area (TPSA) is 68.0 Å². The number of nitrogens with zero attached hydrogens (tertiary/aromatic N) is 1. The molecule has 4 nitrogen and oxygen atoms in total. The van der Waals surface area contributed by atoms with E-state index in [9.17, 15) is 13.6 Å². The van der Waals surface area contributed by atoms with E-state index in [1.165, 1.54) is 12.3 Å². The number of aryl methyl sites for hydroxylation is 1. The molecule has 0 unspecified atom stereocenters. The van der Waals surface area contributed by atoms with Crippen LogP contribution in [0.4, 0.5) is 20.2 Å². The molecule has 3 N–H and O–H groups in total. The van der Waals surface area contributed by atoms with Gasteiger partial charge in [-0.3, -0.25) is 9.78 Å². The number of pyridine rings is 1. The Hall–Kier alpha value is -2.02. The third kappa shape index (κ3) is 2.93. The van der Waals surface area contributed by atoms with Gasteiger partial charge in [0.1, 0.15) is 11.6 Å². The summed E-state index contributed by atoms with van der Waals surface area (Å²) in [6.07, 6.45) is 1.28. The van der Waals surface area contributed by atoms with Gasteiger partial charge >= 0.3 is 0 Å². The third-order valence-corrected chi connectivity index (χ3v) is 3.18. The maximum atomic E-state index is 13.6. The Labute approximate surface area is 122 Å². The summed E-state index contributed by atoms with van der Waals surface area (Å²) in [7, 11) is 0. The molecule has 0 bridgehead atoms. The first-order chi connectivity index (χ1) is 9.38. The molecule has 2 rings (SSSR count). The number of anilines is 2. The highest BCUT2D eigenvalue weighted by molar-refractivity contribution is 9.10. The number of aromatic nitrogens is 1. The molecule has 0 fully saturated rings. The van der Waals surface area contributed by atoms with Crippen LogP contribution in [0.2, 0.25) is 0 Å². The lowest BCUT2D eigenvalue weighted by molar-refractivity contribution is 0.102. The second-order valence-electron chi connectivity index (χ2n) is 4.11. The zero-order valence-electron chi connectivity index (χ0n) is 10.4. The van der Waals surface area contributed by atoms with Crippen LogP contribution in [0.5, 0.6) is 0 Å². The van der Waals surface area contributed by atoms with E-state index in [2.05, 4.69) is 26.2 Å². The number of carbonyl (C=O) groups is 1. The van der Waals surface area contributed by atoms with Crippen LogP contribution < -0.4 is 11.1 Å². The zero-order chi connectivity index (χ0) is 14.9. The minimum atomic E-state index is -0.759. The van der Waals surface area contributed by atoms with Crippen LogP contribution in [0.25, 0.3) is 0 Å². The van der Waals surface area contributed by atoms with Gasteiger partial charge in [-0.15, -0.1) is 0 Å². The quantitative estimate of drug-likeness (QED) is 0.823. The maximum absolute atomic E-state index is 13.6. The maximum Gasteiger partial charge on any atom is 0.259 e. The molecular weight excluding hydrogens is 332 g/mol. The van der Waals surface area contributed by atoms with Gasteiger partial charge in [-0.1, -0.05) is 0 Å². The lowest BCUT2D eigenvalue weighted by Gasteiger charge is -2.09. The molecule has 1 aromatic carbocycles. The normalized spacial score (nSPS) is 10.4. The van der Waals surface area contributed by atoms with E-state index >= 15 is 0 Å². The Morgan fingerprint density at radius 3 is 2.65 bits per heavy atom. The first kappa shape index (κ1) is 14.4. The van der Waals surface area contributed by atoms with Crippen molar-refractivity contribution >= 4 is 33.2 Å². The number of nitrogens with two attached hydrogens (primary N) is 1. The fourth-order valence-electron chi connectivity index (χ4n) is 1.58. The van der Waals surface area contributed by atoms with Gasteiger partial charge in [-0.05, 0) is 35.0 Å². The van der Waals surface area contributed by atoms with Crippen molar-refractivity contribution in [1.82, 2.24) is 4.98 Å². The van der Waals surface area contributed by atoms with Gasteiger partial charge in [-0.25, -0.2) is 8.78 Å². The molecule has 0 saturated heterocycles. The van der Waals surface area contributed by atoms with Gasteiger partial charge in [0, 0.05) is 23.6 Å². The average Bonchev–Trinajstić information content (AvgIpc) is 2.35. The van der Waals surface area contributed by atoms with E-state index in [4.69, 9.17) is 5.73 Å². The highest BCUT2D eigenvalue weighted by Gasteiger charge is 2.15.